The average Bonchev–Trinajstić information content (AvgIpc) is 2.67. The third-order valence-electron chi connectivity index (χ3n) is 6.34. The van der Waals surface area contributed by atoms with Crippen molar-refractivity contribution in [3.05, 3.63) is 47.0 Å². The molecule has 1 aliphatic carbocycles. The average molecular weight is 370 g/mol. The van der Waals surface area contributed by atoms with Gasteiger partial charge in [0, 0.05) is 30.4 Å². The minimum absolute atomic E-state index is 0.217. The minimum Gasteiger partial charge on any atom is -0.504 e. The highest BCUT2D eigenvalue weighted by molar-refractivity contribution is 5.82. The largest absolute Gasteiger partial charge is 0.504 e. The van der Waals surface area contributed by atoms with Crippen molar-refractivity contribution in [2.24, 2.45) is 0 Å². The number of quaternary nitrogens is 1. The van der Waals surface area contributed by atoms with Crippen LogP contribution >= 0.6 is 0 Å². The van der Waals surface area contributed by atoms with Crippen LogP contribution < -0.4 is 4.74 Å². The van der Waals surface area contributed by atoms with Gasteiger partial charge in [-0.25, -0.2) is 0 Å². The number of ether oxygens (including phenoxy) is 1. The van der Waals surface area contributed by atoms with Gasteiger partial charge in [0.25, 0.3) is 0 Å². The van der Waals surface area contributed by atoms with Crippen molar-refractivity contribution in [2.75, 3.05) is 33.4 Å². The summed E-state index contributed by atoms with van der Waals surface area (Å²) in [4.78, 5) is 0. The highest BCUT2D eigenvalue weighted by atomic mass is 19.1. The molecule has 1 heterocycles. The van der Waals surface area contributed by atoms with E-state index in [-0.39, 0.29) is 12.4 Å². The number of phenols is 1. The Hall–Kier alpha value is -2.07. The molecule has 4 heteroatoms. The summed E-state index contributed by atoms with van der Waals surface area (Å²) >= 11 is 0. The number of benzene rings is 2. The topological polar surface area (TPSA) is 29.5 Å². The van der Waals surface area contributed by atoms with Gasteiger partial charge in [0.15, 0.2) is 11.5 Å². The maximum Gasteiger partial charge on any atom is 0.166 e. The second-order valence-electron chi connectivity index (χ2n) is 8.12. The zero-order valence-corrected chi connectivity index (χ0v) is 16.3. The molecule has 2 aromatic carbocycles. The molecule has 0 spiro atoms. The fourth-order valence-electron chi connectivity index (χ4n) is 5.02. The van der Waals surface area contributed by atoms with Gasteiger partial charge in [-0.1, -0.05) is 31.2 Å². The number of hydrogen-bond acceptors (Lipinski definition) is 2. The Kier molecular flexibility index (Phi) is 4.85. The van der Waals surface area contributed by atoms with Gasteiger partial charge < -0.3 is 14.3 Å². The SMILES string of the molecule is CCC[N+]1(C)CCc2cc(OCCCF)c(O)c3c2C1Cc1ccccc1-3. The molecule has 27 heavy (non-hydrogen) atoms. The second-order valence-corrected chi connectivity index (χ2v) is 8.12. The summed E-state index contributed by atoms with van der Waals surface area (Å²) in [6.45, 7) is 4.37. The highest BCUT2D eigenvalue weighted by Gasteiger charge is 2.44. The zero-order valence-electron chi connectivity index (χ0n) is 16.3. The predicted molar refractivity (Wildman–Crippen MR) is 106 cm³/mol. The highest BCUT2D eigenvalue weighted by Crippen LogP contribution is 2.53. The van der Waals surface area contributed by atoms with Gasteiger partial charge in [0.2, 0.25) is 0 Å². The lowest BCUT2D eigenvalue weighted by molar-refractivity contribution is -0.941. The van der Waals surface area contributed by atoms with Crippen LogP contribution in [0.2, 0.25) is 0 Å². The van der Waals surface area contributed by atoms with Gasteiger partial charge >= 0.3 is 0 Å². The van der Waals surface area contributed by atoms with Gasteiger partial charge in [0.1, 0.15) is 6.04 Å². The van der Waals surface area contributed by atoms with Crippen LogP contribution in [0.25, 0.3) is 11.1 Å². The van der Waals surface area contributed by atoms with Crippen LogP contribution in [-0.2, 0) is 12.8 Å². The summed E-state index contributed by atoms with van der Waals surface area (Å²) < 4.78 is 19.3. The van der Waals surface area contributed by atoms with Crippen LogP contribution in [0.5, 0.6) is 11.5 Å². The summed E-state index contributed by atoms with van der Waals surface area (Å²) in [5.74, 6) is 0.717. The molecule has 0 radical (unpaired) electrons. The Morgan fingerprint density at radius 1 is 1.26 bits per heavy atom. The number of alkyl halides is 1. The normalized spacial score (nSPS) is 22.9. The van der Waals surface area contributed by atoms with E-state index in [4.69, 9.17) is 4.74 Å². The fourth-order valence-corrected chi connectivity index (χ4v) is 5.02. The number of nitrogens with zero attached hydrogens (tertiary/aromatic N) is 1. The van der Waals surface area contributed by atoms with E-state index in [0.717, 1.165) is 48.0 Å². The number of likely N-dealkylation sites (N-methyl/N-ethyl adjacent to an activating group) is 1. The van der Waals surface area contributed by atoms with Gasteiger partial charge in [-0.05, 0) is 29.2 Å². The lowest BCUT2D eigenvalue weighted by Gasteiger charge is -2.48. The molecule has 144 valence electrons. The van der Waals surface area contributed by atoms with Crippen molar-refractivity contribution >= 4 is 0 Å². The van der Waals surface area contributed by atoms with Crippen molar-refractivity contribution < 1.29 is 18.7 Å². The Morgan fingerprint density at radius 3 is 2.85 bits per heavy atom. The van der Waals surface area contributed by atoms with Crippen LogP contribution in [0.3, 0.4) is 0 Å². The Balaban J connectivity index is 1.89. The molecular weight excluding hydrogens is 341 g/mol. The molecule has 2 atom stereocenters. The molecule has 2 aliphatic rings. The molecule has 0 bridgehead atoms. The van der Waals surface area contributed by atoms with E-state index in [0.29, 0.717) is 18.2 Å². The Bertz CT molecular complexity index is 851. The first-order chi connectivity index (χ1) is 13.1. The van der Waals surface area contributed by atoms with Gasteiger partial charge in [0.05, 0.1) is 33.4 Å². The summed E-state index contributed by atoms with van der Waals surface area (Å²) in [5.41, 5.74) is 5.92. The van der Waals surface area contributed by atoms with Crippen LogP contribution in [0, 0.1) is 0 Å². The first-order valence-electron chi connectivity index (χ1n) is 10.1. The summed E-state index contributed by atoms with van der Waals surface area (Å²) in [7, 11) is 2.36. The summed E-state index contributed by atoms with van der Waals surface area (Å²) in [5, 5.41) is 11.1. The Labute approximate surface area is 161 Å². The number of fused-ring (bicyclic) bond motifs is 2. The molecule has 0 saturated heterocycles. The molecule has 2 aromatic rings. The van der Waals surface area contributed by atoms with E-state index in [2.05, 4.69) is 32.2 Å². The maximum absolute atomic E-state index is 12.5. The molecule has 2 unspecified atom stereocenters. The molecule has 4 rings (SSSR count). The third kappa shape index (κ3) is 3.00. The van der Waals surface area contributed by atoms with E-state index in [9.17, 15) is 9.50 Å². The van der Waals surface area contributed by atoms with Crippen molar-refractivity contribution in [3.8, 4) is 22.6 Å². The zero-order chi connectivity index (χ0) is 19.0. The molecule has 0 aromatic heterocycles. The monoisotopic (exact) mass is 370 g/mol. The molecule has 0 amide bonds. The molecule has 0 fully saturated rings. The second kappa shape index (κ2) is 7.16. The molecule has 1 aliphatic heterocycles. The van der Waals surface area contributed by atoms with Crippen molar-refractivity contribution in [3.63, 3.8) is 0 Å². The predicted octanol–water partition coefficient (Wildman–Crippen LogP) is 4.81. The first-order valence-corrected chi connectivity index (χ1v) is 10.1. The lowest BCUT2D eigenvalue weighted by atomic mass is 9.75. The number of halogens is 1. The van der Waals surface area contributed by atoms with Crippen LogP contribution in [0.15, 0.2) is 30.3 Å². The standard InChI is InChI=1S/C23H28FNO2/c1-3-11-25(2)12-9-17-15-20(27-13-6-10-24)23(26)22-18-8-5-4-7-16(18)14-19(25)21(17)22/h4-5,7-8,15,19H,3,6,9-14H2,1-2H3/p+1. The van der Waals surface area contributed by atoms with Crippen LogP contribution in [-0.4, -0.2) is 43.0 Å². The lowest BCUT2D eigenvalue weighted by Crippen LogP contribution is -2.53. The maximum atomic E-state index is 12.5. The van der Waals surface area contributed by atoms with Crippen molar-refractivity contribution in [1.29, 1.82) is 0 Å². The van der Waals surface area contributed by atoms with Gasteiger partial charge in [-0.2, -0.15) is 0 Å². The van der Waals surface area contributed by atoms with Crippen LogP contribution in [0.1, 0.15) is 42.5 Å². The molecule has 1 N–H and O–H groups in total. The van der Waals surface area contributed by atoms with E-state index in [1.54, 1.807) is 0 Å². The van der Waals surface area contributed by atoms with E-state index in [1.165, 1.54) is 16.7 Å². The van der Waals surface area contributed by atoms with Crippen molar-refractivity contribution in [1.82, 2.24) is 0 Å². The molecular formula is C23H29FNO2+. The van der Waals surface area contributed by atoms with Gasteiger partial charge in [-0.3, -0.25) is 4.39 Å². The van der Waals surface area contributed by atoms with E-state index >= 15 is 0 Å². The number of rotatable bonds is 6. The number of aromatic hydroxyl groups is 1. The van der Waals surface area contributed by atoms with Crippen molar-refractivity contribution in [2.45, 2.75) is 38.6 Å². The minimum atomic E-state index is -0.406. The summed E-state index contributed by atoms with van der Waals surface area (Å²) in [6.07, 6.45) is 3.48. The summed E-state index contributed by atoms with van der Waals surface area (Å²) in [6, 6.07) is 10.8. The quantitative estimate of drug-likeness (QED) is 0.584. The number of phenolic OH excluding ortho intramolecular Hbond substituents is 1. The first kappa shape index (κ1) is 18.3. The van der Waals surface area contributed by atoms with E-state index in [1.807, 2.05) is 12.1 Å². The van der Waals surface area contributed by atoms with Gasteiger partial charge in [-0.15, -0.1) is 0 Å². The number of hydrogen-bond donors (Lipinski definition) is 1. The smallest absolute Gasteiger partial charge is 0.166 e. The molecule has 3 nitrogen and oxygen atoms in total. The Morgan fingerprint density at radius 2 is 2.07 bits per heavy atom. The molecule has 0 saturated carbocycles. The van der Waals surface area contributed by atoms with E-state index < -0.39 is 6.67 Å². The van der Waals surface area contributed by atoms with Crippen LogP contribution in [0.4, 0.5) is 4.39 Å². The fraction of sp³-hybridized carbons (Fsp3) is 0.478. The third-order valence-corrected chi connectivity index (χ3v) is 6.34.